The summed E-state index contributed by atoms with van der Waals surface area (Å²) in [5.74, 6) is -0.962. The molecule has 104 valence electrons. The van der Waals surface area contributed by atoms with Crippen LogP contribution >= 0.6 is 0 Å². The molecule has 0 rings (SSSR count). The van der Waals surface area contributed by atoms with Crippen LogP contribution in [0, 0.1) is 0 Å². The molecule has 0 spiro atoms. The molecule has 0 saturated heterocycles. The minimum atomic E-state index is -0.510. The van der Waals surface area contributed by atoms with E-state index in [9.17, 15) is 8.78 Å². The Morgan fingerprint density at radius 2 is 1.53 bits per heavy atom. The Hall–Kier alpha value is -0.700. The van der Waals surface area contributed by atoms with Crippen molar-refractivity contribution in [2.75, 3.05) is 6.54 Å². The van der Waals surface area contributed by atoms with Gasteiger partial charge in [-0.05, 0) is 18.9 Å². The Morgan fingerprint density at radius 1 is 1.06 bits per heavy atom. The summed E-state index contributed by atoms with van der Waals surface area (Å²) < 4.78 is 26.2. The number of unbranched alkanes of at least 4 members (excludes halogenated alkanes) is 1. The Labute approximate surface area is 106 Å². The second kappa shape index (κ2) is 17.7. The van der Waals surface area contributed by atoms with Crippen LogP contribution in [0.2, 0.25) is 0 Å². The smallest absolute Gasteiger partial charge is 0.126 e. The minimum absolute atomic E-state index is 0.0101. The van der Waals surface area contributed by atoms with Crippen molar-refractivity contribution in [2.24, 2.45) is 5.73 Å². The lowest BCUT2D eigenvalue weighted by atomic mass is 10.1. The molecule has 0 aliphatic heterocycles. The van der Waals surface area contributed by atoms with E-state index >= 15 is 0 Å². The third-order valence-electron chi connectivity index (χ3n) is 1.74. The van der Waals surface area contributed by atoms with Crippen molar-refractivity contribution < 1.29 is 8.78 Å². The van der Waals surface area contributed by atoms with Crippen molar-refractivity contribution in [3.63, 3.8) is 0 Å². The number of allylic oxidation sites excluding steroid dienone is 2. The molecule has 2 N–H and O–H groups in total. The van der Waals surface area contributed by atoms with E-state index in [1.54, 1.807) is 6.92 Å². The van der Waals surface area contributed by atoms with Crippen LogP contribution in [0.1, 0.15) is 60.8 Å². The van der Waals surface area contributed by atoms with E-state index in [2.05, 4.69) is 0 Å². The van der Waals surface area contributed by atoms with Crippen molar-refractivity contribution in [2.45, 2.75) is 60.8 Å². The van der Waals surface area contributed by atoms with E-state index in [0.29, 0.717) is 6.42 Å². The number of halogens is 2. The monoisotopic (exact) mass is 249 g/mol. The summed E-state index contributed by atoms with van der Waals surface area (Å²) in [6.07, 6.45) is 3.04. The van der Waals surface area contributed by atoms with Gasteiger partial charge in [0.05, 0.1) is 0 Å². The normalized spacial score (nSPS) is 11.7. The lowest BCUT2D eigenvalue weighted by Crippen LogP contribution is -2.05. The largest absolute Gasteiger partial charge is 0.326 e. The highest BCUT2D eigenvalue weighted by molar-refractivity contribution is 5.29. The highest BCUT2D eigenvalue weighted by Crippen LogP contribution is 2.19. The van der Waals surface area contributed by atoms with Gasteiger partial charge in [0, 0.05) is 12.1 Å². The fraction of sp³-hybridized carbons (Fsp3) is 0.714. The molecule has 0 aromatic carbocycles. The van der Waals surface area contributed by atoms with E-state index in [0.717, 1.165) is 6.42 Å². The summed E-state index contributed by atoms with van der Waals surface area (Å²) in [6.45, 7) is 11.5. The first kappa shape index (κ1) is 21.6. The fourth-order valence-corrected chi connectivity index (χ4v) is 0.945. The second-order valence-electron chi connectivity index (χ2n) is 2.78. The summed E-state index contributed by atoms with van der Waals surface area (Å²) in [7, 11) is 0. The van der Waals surface area contributed by atoms with E-state index in [-0.39, 0.29) is 18.5 Å². The maximum Gasteiger partial charge on any atom is 0.126 e. The molecule has 0 fully saturated rings. The van der Waals surface area contributed by atoms with Crippen LogP contribution in [0.15, 0.2) is 23.3 Å². The van der Waals surface area contributed by atoms with Gasteiger partial charge in [-0.15, -0.1) is 0 Å². The SMILES string of the molecule is CC.CC.CCC/C=C(F)\C(CN)=C(\F)CC. The first-order valence-corrected chi connectivity index (χ1v) is 6.60. The maximum absolute atomic E-state index is 13.2. The Morgan fingerprint density at radius 3 is 1.82 bits per heavy atom. The standard InChI is InChI=1S/C10H17F2N.2C2H6/c1-3-5-6-10(12)8(7-13)9(11)4-2;2*1-2/h6H,3-5,7,13H2,1-2H3;2*1-2H3/b9-8+,10-6+;;. The summed E-state index contributed by atoms with van der Waals surface area (Å²) in [5, 5.41) is 0. The molecule has 0 amide bonds. The van der Waals surface area contributed by atoms with E-state index in [4.69, 9.17) is 5.73 Å². The van der Waals surface area contributed by atoms with Crippen LogP contribution in [0.5, 0.6) is 0 Å². The molecule has 0 heterocycles. The summed E-state index contributed by atoms with van der Waals surface area (Å²) >= 11 is 0. The molecular weight excluding hydrogens is 220 g/mol. The zero-order valence-electron chi connectivity index (χ0n) is 12.2. The fourth-order valence-electron chi connectivity index (χ4n) is 0.945. The van der Waals surface area contributed by atoms with Crippen molar-refractivity contribution in [3.05, 3.63) is 23.3 Å². The quantitative estimate of drug-likeness (QED) is 0.659. The molecule has 0 aliphatic carbocycles. The Bertz CT molecular complexity index is 208. The minimum Gasteiger partial charge on any atom is -0.326 e. The average Bonchev–Trinajstić information content (AvgIpc) is 2.41. The van der Waals surface area contributed by atoms with Crippen LogP contribution in [0.4, 0.5) is 8.78 Å². The predicted octanol–water partition coefficient (Wildman–Crippen LogP) is 5.28. The van der Waals surface area contributed by atoms with Gasteiger partial charge >= 0.3 is 0 Å². The van der Waals surface area contributed by atoms with Gasteiger partial charge in [-0.3, -0.25) is 0 Å². The van der Waals surface area contributed by atoms with Crippen LogP contribution in [-0.2, 0) is 0 Å². The van der Waals surface area contributed by atoms with Crippen LogP contribution in [0.25, 0.3) is 0 Å². The highest BCUT2D eigenvalue weighted by atomic mass is 19.1. The van der Waals surface area contributed by atoms with Gasteiger partial charge in [-0.2, -0.15) is 0 Å². The average molecular weight is 249 g/mol. The molecule has 1 nitrogen and oxygen atoms in total. The van der Waals surface area contributed by atoms with Crippen LogP contribution < -0.4 is 5.73 Å². The third kappa shape index (κ3) is 11.6. The number of hydrogen-bond donors (Lipinski definition) is 1. The first-order chi connectivity index (χ1) is 8.17. The van der Waals surface area contributed by atoms with Crippen molar-refractivity contribution in [3.8, 4) is 0 Å². The lowest BCUT2D eigenvalue weighted by molar-refractivity contribution is 0.563. The zero-order chi connectivity index (χ0) is 14.3. The summed E-state index contributed by atoms with van der Waals surface area (Å²) in [6, 6.07) is 0. The van der Waals surface area contributed by atoms with E-state index < -0.39 is 11.7 Å². The van der Waals surface area contributed by atoms with Crippen LogP contribution in [-0.4, -0.2) is 6.54 Å². The van der Waals surface area contributed by atoms with Gasteiger partial charge < -0.3 is 5.73 Å². The highest BCUT2D eigenvalue weighted by Gasteiger charge is 2.07. The molecule has 0 aromatic heterocycles. The van der Waals surface area contributed by atoms with Crippen molar-refractivity contribution in [1.82, 2.24) is 0 Å². The molecule has 0 bridgehead atoms. The molecule has 0 aromatic rings. The van der Waals surface area contributed by atoms with Gasteiger partial charge in [-0.1, -0.05) is 48.0 Å². The van der Waals surface area contributed by atoms with Crippen molar-refractivity contribution >= 4 is 0 Å². The van der Waals surface area contributed by atoms with Gasteiger partial charge in [-0.25, -0.2) is 8.78 Å². The van der Waals surface area contributed by atoms with Gasteiger partial charge in [0.1, 0.15) is 11.7 Å². The molecule has 0 unspecified atom stereocenters. The summed E-state index contributed by atoms with van der Waals surface area (Å²) in [5.41, 5.74) is 5.25. The first-order valence-electron chi connectivity index (χ1n) is 6.60. The van der Waals surface area contributed by atoms with Gasteiger partial charge in [0.2, 0.25) is 0 Å². The number of hydrogen-bond acceptors (Lipinski definition) is 1. The summed E-state index contributed by atoms with van der Waals surface area (Å²) in [4.78, 5) is 0. The van der Waals surface area contributed by atoms with Gasteiger partial charge in [0.25, 0.3) is 0 Å². The van der Waals surface area contributed by atoms with Crippen molar-refractivity contribution in [1.29, 1.82) is 0 Å². The number of rotatable bonds is 5. The Kier molecular flexibility index (Phi) is 22.4. The molecule has 0 aliphatic rings. The molecule has 0 radical (unpaired) electrons. The van der Waals surface area contributed by atoms with E-state index in [1.165, 1.54) is 6.08 Å². The van der Waals surface area contributed by atoms with Gasteiger partial charge in [0.15, 0.2) is 0 Å². The third-order valence-corrected chi connectivity index (χ3v) is 1.74. The molecule has 17 heavy (non-hydrogen) atoms. The molecule has 3 heteroatoms. The Balaban J connectivity index is -0.000000439. The molecule has 0 saturated carbocycles. The molecule has 0 atom stereocenters. The second-order valence-corrected chi connectivity index (χ2v) is 2.78. The van der Waals surface area contributed by atoms with Crippen LogP contribution in [0.3, 0.4) is 0 Å². The van der Waals surface area contributed by atoms with E-state index in [1.807, 2.05) is 34.6 Å². The zero-order valence-corrected chi connectivity index (χ0v) is 12.2. The molecular formula is C14H29F2N. The lowest BCUT2D eigenvalue weighted by Gasteiger charge is -2.03. The maximum atomic E-state index is 13.2. The predicted molar refractivity (Wildman–Crippen MR) is 74.3 cm³/mol. The topological polar surface area (TPSA) is 26.0 Å². The number of nitrogens with two attached hydrogens (primary N) is 1.